The summed E-state index contributed by atoms with van der Waals surface area (Å²) in [7, 11) is 0. The highest BCUT2D eigenvalue weighted by Crippen LogP contribution is 2.13. The van der Waals surface area contributed by atoms with Gasteiger partial charge in [-0.05, 0) is 13.8 Å². The summed E-state index contributed by atoms with van der Waals surface area (Å²) in [5.41, 5.74) is 1.08. The molecule has 0 saturated carbocycles. The van der Waals surface area contributed by atoms with Crippen LogP contribution in [0.1, 0.15) is 19.5 Å². The summed E-state index contributed by atoms with van der Waals surface area (Å²) in [6.07, 6.45) is 4.13. The molecule has 0 aliphatic heterocycles. The maximum Gasteiger partial charge on any atom is 0.193 e. The highest BCUT2D eigenvalue weighted by Gasteiger charge is 2.03. The van der Waals surface area contributed by atoms with Crippen LogP contribution < -0.4 is 0 Å². The number of hydrogen-bond donors (Lipinski definition) is 0. The van der Waals surface area contributed by atoms with Crippen LogP contribution in [0.2, 0.25) is 0 Å². The first-order valence-electron chi connectivity index (χ1n) is 5.36. The summed E-state index contributed by atoms with van der Waals surface area (Å²) in [5.74, 6) is 0. The van der Waals surface area contributed by atoms with E-state index >= 15 is 0 Å². The molecule has 0 spiro atoms. The van der Waals surface area contributed by atoms with Crippen molar-refractivity contribution in [3.63, 3.8) is 0 Å². The third-order valence-electron chi connectivity index (χ3n) is 2.15. The van der Waals surface area contributed by atoms with E-state index in [4.69, 9.17) is 9.47 Å². The van der Waals surface area contributed by atoms with E-state index in [-0.39, 0.29) is 6.10 Å². The summed E-state index contributed by atoms with van der Waals surface area (Å²) >= 11 is 1.63. The maximum atomic E-state index is 5.52. The zero-order valence-electron chi connectivity index (χ0n) is 9.55. The number of rotatable bonds is 6. The largest absolute Gasteiger partial charge is 0.376 e. The Bertz CT molecular complexity index is 436. The number of fused-ring (bicyclic) bond motifs is 1. The van der Waals surface area contributed by atoms with Gasteiger partial charge in [0.25, 0.3) is 0 Å². The van der Waals surface area contributed by atoms with E-state index in [1.54, 1.807) is 11.3 Å². The molecule has 2 heterocycles. The molecule has 2 aromatic heterocycles. The van der Waals surface area contributed by atoms with Crippen LogP contribution in [-0.2, 0) is 16.1 Å². The van der Waals surface area contributed by atoms with E-state index in [1.165, 1.54) is 0 Å². The molecule has 0 N–H and O–H groups in total. The molecule has 0 unspecified atom stereocenters. The molecular weight excluding hydrogens is 224 g/mol. The Hall–Kier alpha value is -0.910. The highest BCUT2D eigenvalue weighted by molar-refractivity contribution is 7.15. The molecule has 0 bridgehead atoms. The van der Waals surface area contributed by atoms with Gasteiger partial charge in [0, 0.05) is 11.6 Å². The summed E-state index contributed by atoms with van der Waals surface area (Å²) in [5, 5.41) is 2.02. The average molecular weight is 240 g/mol. The van der Waals surface area contributed by atoms with Crippen molar-refractivity contribution in [1.82, 2.24) is 9.38 Å². The van der Waals surface area contributed by atoms with Crippen molar-refractivity contribution in [2.75, 3.05) is 13.2 Å². The van der Waals surface area contributed by atoms with E-state index in [0.717, 1.165) is 10.7 Å². The molecular formula is C11H16N2O2S. The minimum Gasteiger partial charge on any atom is -0.376 e. The molecule has 0 amide bonds. The van der Waals surface area contributed by atoms with Gasteiger partial charge in [0.15, 0.2) is 4.96 Å². The second kappa shape index (κ2) is 5.43. The first-order chi connectivity index (χ1) is 7.77. The first kappa shape index (κ1) is 11.6. The quantitative estimate of drug-likeness (QED) is 0.727. The number of imidazole rings is 1. The maximum absolute atomic E-state index is 5.52. The van der Waals surface area contributed by atoms with Gasteiger partial charge in [0.1, 0.15) is 0 Å². The fraction of sp³-hybridized carbons (Fsp3) is 0.545. The zero-order chi connectivity index (χ0) is 11.4. The van der Waals surface area contributed by atoms with Crippen LogP contribution >= 0.6 is 11.3 Å². The Balaban J connectivity index is 1.76. The van der Waals surface area contributed by atoms with Crippen LogP contribution in [0.15, 0.2) is 17.8 Å². The van der Waals surface area contributed by atoms with Gasteiger partial charge in [-0.15, -0.1) is 11.3 Å². The number of ether oxygens (including phenoxy) is 2. The van der Waals surface area contributed by atoms with E-state index in [9.17, 15) is 0 Å². The fourth-order valence-electron chi connectivity index (χ4n) is 1.40. The molecule has 5 heteroatoms. The second-order valence-corrected chi connectivity index (χ2v) is 4.65. The van der Waals surface area contributed by atoms with Crippen molar-refractivity contribution < 1.29 is 9.47 Å². The van der Waals surface area contributed by atoms with Crippen molar-refractivity contribution in [2.24, 2.45) is 0 Å². The molecule has 2 aromatic rings. The van der Waals surface area contributed by atoms with Crippen molar-refractivity contribution in [3.05, 3.63) is 23.5 Å². The molecule has 0 aliphatic carbocycles. The Morgan fingerprint density at radius 3 is 3.12 bits per heavy atom. The lowest BCUT2D eigenvalue weighted by molar-refractivity contribution is 0.0134. The molecule has 0 radical (unpaired) electrons. The van der Waals surface area contributed by atoms with Crippen LogP contribution in [0.25, 0.3) is 4.96 Å². The summed E-state index contributed by atoms with van der Waals surface area (Å²) in [6.45, 7) is 5.88. The first-order valence-corrected chi connectivity index (χ1v) is 6.24. The lowest BCUT2D eigenvalue weighted by Crippen LogP contribution is -2.09. The molecule has 2 rings (SSSR count). The summed E-state index contributed by atoms with van der Waals surface area (Å²) in [6, 6.07) is 0. The topological polar surface area (TPSA) is 35.8 Å². The van der Waals surface area contributed by atoms with Gasteiger partial charge in [0.05, 0.1) is 37.8 Å². The van der Waals surface area contributed by atoms with Crippen molar-refractivity contribution in [3.8, 4) is 0 Å². The lowest BCUT2D eigenvalue weighted by Gasteiger charge is -2.07. The fourth-order valence-corrected chi connectivity index (χ4v) is 2.11. The van der Waals surface area contributed by atoms with Crippen molar-refractivity contribution >= 4 is 16.3 Å². The molecule has 4 nitrogen and oxygen atoms in total. The van der Waals surface area contributed by atoms with Gasteiger partial charge in [-0.1, -0.05) is 0 Å². The molecule has 0 fully saturated rings. The van der Waals surface area contributed by atoms with E-state index in [1.807, 2.05) is 36.0 Å². The number of aromatic nitrogens is 2. The molecule has 0 aliphatic rings. The third-order valence-corrected chi connectivity index (χ3v) is 2.92. The van der Waals surface area contributed by atoms with Gasteiger partial charge in [-0.25, -0.2) is 4.98 Å². The Morgan fingerprint density at radius 2 is 2.31 bits per heavy atom. The molecule has 0 saturated heterocycles. The Kier molecular flexibility index (Phi) is 3.93. The average Bonchev–Trinajstić information content (AvgIpc) is 2.80. The SMILES string of the molecule is CC(C)OCCOCc1cnc2sccn12. The number of nitrogens with zero attached hydrogens (tertiary/aromatic N) is 2. The molecule has 16 heavy (non-hydrogen) atoms. The predicted molar refractivity (Wildman–Crippen MR) is 63.8 cm³/mol. The van der Waals surface area contributed by atoms with Gasteiger partial charge < -0.3 is 9.47 Å². The standard InChI is InChI=1S/C11H16N2O2S/c1-9(2)15-5-4-14-8-10-7-12-11-13(10)3-6-16-11/h3,6-7,9H,4-5,8H2,1-2H3. The van der Waals surface area contributed by atoms with Gasteiger partial charge in [-0.2, -0.15) is 0 Å². The normalized spacial score (nSPS) is 11.7. The van der Waals surface area contributed by atoms with E-state index < -0.39 is 0 Å². The monoisotopic (exact) mass is 240 g/mol. The molecule has 0 atom stereocenters. The number of thiazole rings is 1. The van der Waals surface area contributed by atoms with Crippen LogP contribution in [0.3, 0.4) is 0 Å². The van der Waals surface area contributed by atoms with Crippen LogP contribution in [0.4, 0.5) is 0 Å². The van der Waals surface area contributed by atoms with E-state index in [0.29, 0.717) is 19.8 Å². The number of hydrogen-bond acceptors (Lipinski definition) is 4. The Morgan fingerprint density at radius 1 is 1.44 bits per heavy atom. The highest BCUT2D eigenvalue weighted by atomic mass is 32.1. The molecule has 0 aromatic carbocycles. The minimum atomic E-state index is 0.266. The summed E-state index contributed by atoms with van der Waals surface area (Å²) in [4.78, 5) is 5.29. The lowest BCUT2D eigenvalue weighted by atomic mass is 10.5. The van der Waals surface area contributed by atoms with Crippen LogP contribution in [-0.4, -0.2) is 28.7 Å². The van der Waals surface area contributed by atoms with Gasteiger partial charge >= 0.3 is 0 Å². The van der Waals surface area contributed by atoms with Crippen LogP contribution in [0, 0.1) is 0 Å². The molecule has 88 valence electrons. The van der Waals surface area contributed by atoms with Crippen molar-refractivity contribution in [1.29, 1.82) is 0 Å². The smallest absolute Gasteiger partial charge is 0.193 e. The Labute approximate surface area is 98.8 Å². The van der Waals surface area contributed by atoms with E-state index in [2.05, 4.69) is 4.98 Å². The third kappa shape index (κ3) is 2.81. The van der Waals surface area contributed by atoms with Gasteiger partial charge in [0.2, 0.25) is 0 Å². The summed E-state index contributed by atoms with van der Waals surface area (Å²) < 4.78 is 13.0. The van der Waals surface area contributed by atoms with Crippen LogP contribution in [0.5, 0.6) is 0 Å². The predicted octanol–water partition coefficient (Wildman–Crippen LogP) is 2.34. The van der Waals surface area contributed by atoms with Gasteiger partial charge in [-0.3, -0.25) is 4.40 Å². The zero-order valence-corrected chi connectivity index (χ0v) is 10.4. The minimum absolute atomic E-state index is 0.266. The van der Waals surface area contributed by atoms with Crippen molar-refractivity contribution in [2.45, 2.75) is 26.6 Å². The second-order valence-electron chi connectivity index (χ2n) is 3.78.